The summed E-state index contributed by atoms with van der Waals surface area (Å²) in [6, 6.07) is 5.42. The molecule has 1 atom stereocenters. The van der Waals surface area contributed by atoms with Crippen molar-refractivity contribution < 1.29 is 23.9 Å². The van der Waals surface area contributed by atoms with Crippen LogP contribution in [0.2, 0.25) is 0 Å². The van der Waals surface area contributed by atoms with E-state index in [1.54, 1.807) is 10.6 Å². The molecule has 1 unspecified atom stereocenters. The number of fused-ring (bicyclic) bond motifs is 4. The maximum Gasteiger partial charge on any atom is 0.326 e. The van der Waals surface area contributed by atoms with Gasteiger partial charge in [0.15, 0.2) is 12.4 Å². The lowest BCUT2D eigenvalue weighted by molar-refractivity contribution is -0.151. The number of aldehydes is 1. The van der Waals surface area contributed by atoms with Crippen molar-refractivity contribution in [1.29, 1.82) is 0 Å². The van der Waals surface area contributed by atoms with Gasteiger partial charge in [-0.2, -0.15) is 0 Å². The Balaban J connectivity index is 1.68. The Kier molecular flexibility index (Phi) is 5.81. The van der Waals surface area contributed by atoms with E-state index in [2.05, 4.69) is 5.32 Å². The Morgan fingerprint density at radius 2 is 2.06 bits per heavy atom. The first-order chi connectivity index (χ1) is 17.0. The minimum Gasteiger partial charge on any atom is -0.448 e. The molecule has 1 aliphatic heterocycles. The average molecular weight is 476 g/mol. The first kappa shape index (κ1) is 22.7. The number of pyridine rings is 2. The van der Waals surface area contributed by atoms with E-state index in [9.17, 15) is 19.2 Å². The first-order valence-electron chi connectivity index (χ1n) is 11.3. The van der Waals surface area contributed by atoms with Crippen LogP contribution in [0.15, 0.2) is 23.0 Å². The molecule has 0 saturated carbocycles. The second-order valence-electron chi connectivity index (χ2n) is 8.63. The number of nitrogen functional groups attached to an aromatic ring is 1. The number of carbonyl (C=O) groups is 3. The molecule has 0 fully saturated rings. The van der Waals surface area contributed by atoms with Gasteiger partial charge in [-0.3, -0.25) is 19.2 Å². The maximum absolute atomic E-state index is 13.6. The van der Waals surface area contributed by atoms with Crippen molar-refractivity contribution >= 4 is 35.3 Å². The lowest BCUT2D eigenvalue weighted by atomic mass is 9.86. The van der Waals surface area contributed by atoms with Crippen LogP contribution in [0, 0.1) is 0 Å². The molecule has 3 heterocycles. The quantitative estimate of drug-likeness (QED) is 0.219. The van der Waals surface area contributed by atoms with Gasteiger partial charge >= 0.3 is 5.97 Å². The molecule has 0 spiro atoms. The zero-order valence-electron chi connectivity index (χ0n) is 19.1. The fourth-order valence-corrected chi connectivity index (χ4v) is 5.17. The normalized spacial score (nSPS) is 14.2. The van der Waals surface area contributed by atoms with Gasteiger partial charge in [0.2, 0.25) is 6.41 Å². The Bertz CT molecular complexity index is 1440. The van der Waals surface area contributed by atoms with Gasteiger partial charge in [-0.25, -0.2) is 4.98 Å². The lowest BCUT2D eigenvalue weighted by Gasteiger charge is -2.21. The number of nitrogens with zero attached hydrogens (tertiary/aromatic N) is 2. The van der Waals surface area contributed by atoms with Gasteiger partial charge in [-0.15, -0.1) is 0 Å². The Morgan fingerprint density at radius 3 is 2.80 bits per heavy atom. The molecular formula is C25H24N4O6. The second-order valence-corrected chi connectivity index (χ2v) is 8.63. The number of aromatic nitrogens is 2. The predicted molar refractivity (Wildman–Crippen MR) is 127 cm³/mol. The van der Waals surface area contributed by atoms with Crippen LogP contribution in [-0.2, 0) is 49.9 Å². The van der Waals surface area contributed by atoms with Gasteiger partial charge < -0.3 is 25.1 Å². The number of hydrogen-bond acceptors (Lipinski definition) is 8. The van der Waals surface area contributed by atoms with Gasteiger partial charge in [0.1, 0.15) is 6.54 Å². The number of methoxy groups -OCH3 is 1. The fourth-order valence-electron chi connectivity index (χ4n) is 5.17. The van der Waals surface area contributed by atoms with Crippen molar-refractivity contribution in [2.45, 2.75) is 38.5 Å². The van der Waals surface area contributed by atoms with Gasteiger partial charge in [-0.05, 0) is 48.6 Å². The third-order valence-electron chi connectivity index (χ3n) is 6.67. The monoisotopic (exact) mass is 476 g/mol. The van der Waals surface area contributed by atoms with Crippen molar-refractivity contribution in [2.24, 2.45) is 0 Å². The maximum atomic E-state index is 13.6. The smallest absolute Gasteiger partial charge is 0.326 e. The van der Waals surface area contributed by atoms with Gasteiger partial charge in [0.25, 0.3) is 5.56 Å². The molecule has 35 heavy (non-hydrogen) atoms. The van der Waals surface area contributed by atoms with E-state index in [-0.39, 0.29) is 23.3 Å². The highest BCUT2D eigenvalue weighted by Crippen LogP contribution is 2.41. The third-order valence-corrected chi connectivity index (χ3v) is 6.67. The molecule has 2 aliphatic rings. The van der Waals surface area contributed by atoms with E-state index in [0.29, 0.717) is 30.6 Å². The SMILES string of the molecule is COCc1c(C(C=O)OC(=O)CNC=O)cc2n(c1=O)Cc1c-2nc2ccc(N)c3c2c1CCC3. The molecule has 0 radical (unpaired) electrons. The summed E-state index contributed by atoms with van der Waals surface area (Å²) in [6.07, 6.45) is 2.16. The molecule has 5 rings (SSSR count). The Labute approximate surface area is 200 Å². The first-order valence-corrected chi connectivity index (χ1v) is 11.3. The minimum absolute atomic E-state index is 0.0672. The summed E-state index contributed by atoms with van der Waals surface area (Å²) in [5, 5.41) is 3.26. The van der Waals surface area contributed by atoms with E-state index in [0.717, 1.165) is 52.5 Å². The van der Waals surface area contributed by atoms with Crippen LogP contribution in [0.4, 0.5) is 5.69 Å². The molecule has 1 amide bonds. The van der Waals surface area contributed by atoms with Crippen LogP contribution in [0.1, 0.15) is 40.3 Å². The summed E-state index contributed by atoms with van der Waals surface area (Å²) in [6.45, 7) is -0.118. The number of carbonyl (C=O) groups excluding carboxylic acids is 3. The van der Waals surface area contributed by atoms with Crippen molar-refractivity contribution in [2.75, 3.05) is 19.4 Å². The summed E-state index contributed by atoms with van der Waals surface area (Å²) in [5.41, 5.74) is 12.4. The number of rotatable bonds is 8. The minimum atomic E-state index is -1.34. The third kappa shape index (κ3) is 3.66. The Morgan fingerprint density at radius 1 is 1.26 bits per heavy atom. The molecule has 10 heteroatoms. The van der Waals surface area contributed by atoms with E-state index < -0.39 is 18.6 Å². The van der Waals surface area contributed by atoms with Gasteiger partial charge in [0.05, 0.1) is 35.6 Å². The molecule has 10 nitrogen and oxygen atoms in total. The van der Waals surface area contributed by atoms with Crippen LogP contribution in [0.25, 0.3) is 22.3 Å². The summed E-state index contributed by atoms with van der Waals surface area (Å²) in [4.78, 5) is 53.0. The summed E-state index contributed by atoms with van der Waals surface area (Å²) in [7, 11) is 1.44. The van der Waals surface area contributed by atoms with Crippen molar-refractivity contribution in [1.82, 2.24) is 14.9 Å². The largest absolute Gasteiger partial charge is 0.448 e. The van der Waals surface area contributed by atoms with E-state index in [1.165, 1.54) is 7.11 Å². The molecule has 0 saturated heterocycles. The summed E-state index contributed by atoms with van der Waals surface area (Å²) in [5.74, 6) is -0.808. The fraction of sp³-hybridized carbons (Fsp3) is 0.320. The van der Waals surface area contributed by atoms with E-state index in [1.807, 2.05) is 12.1 Å². The summed E-state index contributed by atoms with van der Waals surface area (Å²) < 4.78 is 12.1. The molecule has 3 N–H and O–H groups in total. The van der Waals surface area contributed by atoms with Crippen molar-refractivity contribution in [3.63, 3.8) is 0 Å². The molecule has 2 aromatic heterocycles. The van der Waals surface area contributed by atoms with E-state index in [4.69, 9.17) is 20.2 Å². The van der Waals surface area contributed by atoms with E-state index >= 15 is 0 Å². The molecule has 3 aromatic rings. The number of aryl methyl sites for hydroxylation is 2. The lowest BCUT2D eigenvalue weighted by Crippen LogP contribution is -2.29. The highest BCUT2D eigenvalue weighted by Gasteiger charge is 2.32. The highest BCUT2D eigenvalue weighted by molar-refractivity contribution is 5.94. The standard InChI is InChI=1S/C25H24N4O6/c1-34-11-17-15(21(10-30)35-22(32)8-27-12-31)7-20-24-16(9-29(20)25(17)33)13-3-2-4-14-18(26)5-6-19(28-24)23(13)14/h5-7,10,12,21H,2-4,8-9,11,26H2,1H3,(H,27,31). The zero-order chi connectivity index (χ0) is 24.7. The van der Waals surface area contributed by atoms with Crippen LogP contribution >= 0.6 is 0 Å². The number of hydrogen-bond donors (Lipinski definition) is 2. The highest BCUT2D eigenvalue weighted by atomic mass is 16.5. The molecule has 0 bridgehead atoms. The number of esters is 1. The molecule has 1 aromatic carbocycles. The van der Waals surface area contributed by atoms with Crippen LogP contribution in [0.5, 0.6) is 0 Å². The van der Waals surface area contributed by atoms with Crippen LogP contribution < -0.4 is 16.6 Å². The number of anilines is 1. The summed E-state index contributed by atoms with van der Waals surface area (Å²) >= 11 is 0. The van der Waals surface area contributed by atoms with Gasteiger partial charge in [-0.1, -0.05) is 0 Å². The number of benzene rings is 1. The number of nitrogens with one attached hydrogen (secondary N) is 1. The topological polar surface area (TPSA) is 143 Å². The predicted octanol–water partition coefficient (Wildman–Crippen LogP) is 1.17. The molecular weight excluding hydrogens is 452 g/mol. The Hall–Kier alpha value is -4.05. The average Bonchev–Trinajstić information content (AvgIpc) is 3.24. The van der Waals surface area contributed by atoms with Crippen LogP contribution in [0.3, 0.4) is 0 Å². The number of nitrogens with two attached hydrogens (primary N) is 1. The second kappa shape index (κ2) is 8.95. The van der Waals surface area contributed by atoms with Crippen molar-refractivity contribution in [3.05, 3.63) is 56.4 Å². The molecule has 180 valence electrons. The van der Waals surface area contributed by atoms with Crippen LogP contribution in [-0.4, -0.2) is 41.9 Å². The molecule has 1 aliphatic carbocycles. The number of amides is 1. The number of ether oxygens (including phenoxy) is 2. The van der Waals surface area contributed by atoms with Crippen molar-refractivity contribution in [3.8, 4) is 11.4 Å². The zero-order valence-corrected chi connectivity index (χ0v) is 19.1. The van der Waals surface area contributed by atoms with Gasteiger partial charge in [0, 0.05) is 29.3 Å².